The van der Waals surface area contributed by atoms with Gasteiger partial charge in [-0.05, 0) is 18.2 Å². The van der Waals surface area contributed by atoms with E-state index in [1.165, 1.54) is 29.5 Å². The van der Waals surface area contributed by atoms with Crippen molar-refractivity contribution in [2.75, 3.05) is 30.9 Å². The van der Waals surface area contributed by atoms with Gasteiger partial charge in [0.2, 0.25) is 0 Å². The average molecular weight is 372 g/mol. The summed E-state index contributed by atoms with van der Waals surface area (Å²) >= 11 is 1.34. The van der Waals surface area contributed by atoms with E-state index in [4.69, 9.17) is 4.74 Å². The largest absolute Gasteiger partial charge is 0.383 e. The van der Waals surface area contributed by atoms with Gasteiger partial charge in [0.1, 0.15) is 0 Å². The van der Waals surface area contributed by atoms with Gasteiger partial charge in [0.25, 0.3) is 11.6 Å². The standard InChI is InChI=1S/C17H16N4O4S/c1-25-9-8-18-13-7-6-11(21(23)24)10-12(13)16(22)20-17-19-14-4-2-3-5-15(14)26-17/h2-7,10,18H,8-9H2,1H3,(H,19,20,22). The minimum Gasteiger partial charge on any atom is -0.383 e. The van der Waals surface area contributed by atoms with E-state index in [2.05, 4.69) is 15.6 Å². The van der Waals surface area contributed by atoms with E-state index in [-0.39, 0.29) is 11.3 Å². The van der Waals surface area contributed by atoms with Crippen LogP contribution >= 0.6 is 11.3 Å². The molecule has 1 aromatic heterocycles. The summed E-state index contributed by atoms with van der Waals surface area (Å²) < 4.78 is 5.92. The van der Waals surface area contributed by atoms with Crippen LogP contribution in [0.1, 0.15) is 10.4 Å². The molecule has 9 heteroatoms. The van der Waals surface area contributed by atoms with Crippen molar-refractivity contribution in [3.05, 3.63) is 58.1 Å². The number of amides is 1. The van der Waals surface area contributed by atoms with E-state index in [9.17, 15) is 14.9 Å². The number of anilines is 2. The van der Waals surface area contributed by atoms with Gasteiger partial charge in [0, 0.05) is 31.5 Å². The van der Waals surface area contributed by atoms with Crippen molar-refractivity contribution in [3.63, 3.8) is 0 Å². The maximum absolute atomic E-state index is 12.7. The van der Waals surface area contributed by atoms with Crippen LogP contribution in [-0.2, 0) is 4.74 Å². The molecule has 1 amide bonds. The fraction of sp³-hybridized carbons (Fsp3) is 0.176. The molecular formula is C17H16N4O4S. The number of rotatable bonds is 7. The van der Waals surface area contributed by atoms with Crippen LogP contribution in [0.2, 0.25) is 0 Å². The highest BCUT2D eigenvalue weighted by molar-refractivity contribution is 7.22. The first-order valence-corrected chi connectivity index (χ1v) is 8.58. The number of para-hydroxylation sites is 1. The molecule has 0 aliphatic heterocycles. The molecule has 0 saturated heterocycles. The Morgan fingerprint density at radius 2 is 2.12 bits per heavy atom. The van der Waals surface area contributed by atoms with Gasteiger partial charge < -0.3 is 10.1 Å². The third-order valence-corrected chi connectivity index (χ3v) is 4.55. The molecule has 0 aliphatic rings. The molecule has 2 aromatic carbocycles. The molecule has 2 N–H and O–H groups in total. The number of hydrogen-bond acceptors (Lipinski definition) is 7. The van der Waals surface area contributed by atoms with Gasteiger partial charge >= 0.3 is 0 Å². The quantitative estimate of drug-likeness (QED) is 0.373. The van der Waals surface area contributed by atoms with Crippen molar-refractivity contribution in [1.82, 2.24) is 4.98 Å². The van der Waals surface area contributed by atoms with Crippen LogP contribution in [-0.4, -0.2) is 36.1 Å². The Labute approximate surface area is 153 Å². The van der Waals surface area contributed by atoms with E-state index in [1.807, 2.05) is 24.3 Å². The Kier molecular flexibility index (Phi) is 5.40. The molecule has 8 nitrogen and oxygen atoms in total. The predicted molar refractivity (Wildman–Crippen MR) is 101 cm³/mol. The van der Waals surface area contributed by atoms with Crippen molar-refractivity contribution < 1.29 is 14.5 Å². The SMILES string of the molecule is COCCNc1ccc([N+](=O)[O-])cc1C(=O)Nc1nc2ccccc2s1. The normalized spacial score (nSPS) is 10.7. The third kappa shape index (κ3) is 3.95. The molecule has 1 heterocycles. The number of fused-ring (bicyclic) bond motifs is 1. The van der Waals surface area contributed by atoms with Crippen LogP contribution in [0.15, 0.2) is 42.5 Å². The molecule has 0 radical (unpaired) electrons. The molecule has 0 fully saturated rings. The van der Waals surface area contributed by atoms with Crippen molar-refractivity contribution in [1.29, 1.82) is 0 Å². The van der Waals surface area contributed by atoms with Crippen LogP contribution < -0.4 is 10.6 Å². The lowest BCUT2D eigenvalue weighted by Crippen LogP contribution is -2.16. The third-order valence-electron chi connectivity index (χ3n) is 3.59. The van der Waals surface area contributed by atoms with E-state index in [0.29, 0.717) is 24.0 Å². The topological polar surface area (TPSA) is 106 Å². The van der Waals surface area contributed by atoms with Crippen LogP contribution in [0.5, 0.6) is 0 Å². The van der Waals surface area contributed by atoms with Crippen LogP contribution in [0.3, 0.4) is 0 Å². The number of non-ortho nitro benzene ring substituents is 1. The minimum atomic E-state index is -0.534. The van der Waals surface area contributed by atoms with Crippen LogP contribution in [0.4, 0.5) is 16.5 Å². The highest BCUT2D eigenvalue weighted by Gasteiger charge is 2.18. The number of nitrogens with zero attached hydrogens (tertiary/aromatic N) is 2. The van der Waals surface area contributed by atoms with Crippen LogP contribution in [0.25, 0.3) is 10.2 Å². The molecule has 134 valence electrons. The second-order valence-corrected chi connectivity index (χ2v) is 6.38. The Hall–Kier alpha value is -3.04. The maximum Gasteiger partial charge on any atom is 0.270 e. The number of thiazole rings is 1. The first kappa shape index (κ1) is 17.8. The fourth-order valence-electron chi connectivity index (χ4n) is 2.37. The summed E-state index contributed by atoms with van der Waals surface area (Å²) in [6, 6.07) is 11.6. The monoisotopic (exact) mass is 372 g/mol. The number of carbonyl (C=O) groups is 1. The number of ether oxygens (including phenoxy) is 1. The van der Waals surface area contributed by atoms with Gasteiger partial charge in [-0.1, -0.05) is 23.5 Å². The number of carbonyl (C=O) groups excluding carboxylic acids is 1. The average Bonchev–Trinajstić information content (AvgIpc) is 3.04. The number of hydrogen-bond donors (Lipinski definition) is 2. The summed E-state index contributed by atoms with van der Waals surface area (Å²) in [7, 11) is 1.57. The van der Waals surface area contributed by atoms with Gasteiger partial charge in [-0.3, -0.25) is 20.2 Å². The summed E-state index contributed by atoms with van der Waals surface area (Å²) in [5.41, 5.74) is 1.29. The molecule has 0 unspecified atom stereocenters. The molecule has 0 bridgehead atoms. The number of nitrogens with one attached hydrogen (secondary N) is 2. The Bertz CT molecular complexity index is 924. The number of nitro groups is 1. The zero-order chi connectivity index (χ0) is 18.5. The first-order chi connectivity index (χ1) is 12.6. The number of nitro benzene ring substituents is 1. The Morgan fingerprint density at radius 1 is 1.31 bits per heavy atom. The number of methoxy groups -OCH3 is 1. The molecule has 3 rings (SSSR count). The zero-order valence-electron chi connectivity index (χ0n) is 13.9. The summed E-state index contributed by atoms with van der Waals surface area (Å²) in [5.74, 6) is -0.465. The fourth-order valence-corrected chi connectivity index (χ4v) is 3.23. The van der Waals surface area contributed by atoms with Crippen molar-refractivity contribution in [2.24, 2.45) is 0 Å². The molecule has 3 aromatic rings. The maximum atomic E-state index is 12.7. The second kappa shape index (κ2) is 7.89. The summed E-state index contributed by atoms with van der Waals surface area (Å²) in [6.45, 7) is 0.908. The van der Waals surface area contributed by atoms with Crippen molar-refractivity contribution in [2.45, 2.75) is 0 Å². The van der Waals surface area contributed by atoms with Gasteiger partial charge in [-0.15, -0.1) is 0 Å². The summed E-state index contributed by atoms with van der Waals surface area (Å²) in [4.78, 5) is 27.5. The number of benzene rings is 2. The lowest BCUT2D eigenvalue weighted by molar-refractivity contribution is -0.384. The first-order valence-electron chi connectivity index (χ1n) is 7.76. The van der Waals surface area contributed by atoms with Gasteiger partial charge in [0.15, 0.2) is 5.13 Å². The highest BCUT2D eigenvalue weighted by Crippen LogP contribution is 2.27. The van der Waals surface area contributed by atoms with E-state index in [0.717, 1.165) is 10.2 Å². The Balaban J connectivity index is 1.87. The lowest BCUT2D eigenvalue weighted by atomic mass is 10.1. The summed E-state index contributed by atoms with van der Waals surface area (Å²) in [6.07, 6.45) is 0. The van der Waals surface area contributed by atoms with E-state index in [1.54, 1.807) is 7.11 Å². The predicted octanol–water partition coefficient (Wildman–Crippen LogP) is 3.52. The van der Waals surface area contributed by atoms with Crippen molar-refractivity contribution >= 4 is 44.0 Å². The molecular weight excluding hydrogens is 356 g/mol. The van der Waals surface area contributed by atoms with Gasteiger partial charge in [-0.2, -0.15) is 0 Å². The number of aromatic nitrogens is 1. The molecule has 0 saturated carbocycles. The van der Waals surface area contributed by atoms with E-state index < -0.39 is 10.8 Å². The second-order valence-electron chi connectivity index (χ2n) is 5.35. The van der Waals surface area contributed by atoms with Gasteiger partial charge in [0.05, 0.1) is 27.3 Å². The zero-order valence-corrected chi connectivity index (χ0v) is 14.7. The highest BCUT2D eigenvalue weighted by atomic mass is 32.1. The summed E-state index contributed by atoms with van der Waals surface area (Å²) in [5, 5.41) is 17.2. The van der Waals surface area contributed by atoms with E-state index >= 15 is 0 Å². The molecule has 26 heavy (non-hydrogen) atoms. The van der Waals surface area contributed by atoms with Crippen molar-refractivity contribution in [3.8, 4) is 0 Å². The minimum absolute atomic E-state index is 0.156. The lowest BCUT2D eigenvalue weighted by Gasteiger charge is -2.11. The Morgan fingerprint density at radius 3 is 2.85 bits per heavy atom. The molecule has 0 atom stereocenters. The van der Waals surface area contributed by atoms with Crippen LogP contribution in [0, 0.1) is 10.1 Å². The van der Waals surface area contributed by atoms with Gasteiger partial charge in [-0.25, -0.2) is 4.98 Å². The molecule has 0 aliphatic carbocycles. The smallest absolute Gasteiger partial charge is 0.270 e. The molecule has 0 spiro atoms.